The van der Waals surface area contributed by atoms with Crippen LogP contribution in [0.3, 0.4) is 0 Å². The maximum absolute atomic E-state index is 5.54. The lowest BCUT2D eigenvalue weighted by atomic mass is 10.2. The van der Waals surface area contributed by atoms with Crippen molar-refractivity contribution in [2.24, 2.45) is 0 Å². The van der Waals surface area contributed by atoms with E-state index in [9.17, 15) is 0 Å². The van der Waals surface area contributed by atoms with Gasteiger partial charge in [0.25, 0.3) is 0 Å². The molecule has 0 amide bonds. The number of aryl methyl sites for hydroxylation is 1. The molecule has 4 heteroatoms. The molecule has 0 unspecified atom stereocenters. The summed E-state index contributed by atoms with van der Waals surface area (Å²) in [6.07, 6.45) is 11.9. The van der Waals surface area contributed by atoms with Gasteiger partial charge in [0, 0.05) is 18.3 Å². The summed E-state index contributed by atoms with van der Waals surface area (Å²) < 4.78 is 11.0. The van der Waals surface area contributed by atoms with Crippen LogP contribution < -0.4 is 0 Å². The smallest absolute Gasteiger partial charge is 0.218 e. The number of oxazole rings is 2. The zero-order valence-electron chi connectivity index (χ0n) is 16.0. The predicted molar refractivity (Wildman–Crippen MR) is 99.1 cm³/mol. The minimum absolute atomic E-state index is 0.418. The molecular weight excluding hydrogens is 300 g/mol. The van der Waals surface area contributed by atoms with Crippen molar-refractivity contribution in [2.45, 2.75) is 79.1 Å². The van der Waals surface area contributed by atoms with Gasteiger partial charge in [-0.15, -0.1) is 0 Å². The van der Waals surface area contributed by atoms with Crippen LogP contribution >= 0.6 is 0 Å². The maximum atomic E-state index is 5.54. The molecule has 0 radical (unpaired) electrons. The quantitative estimate of drug-likeness (QED) is 0.591. The van der Waals surface area contributed by atoms with Crippen LogP contribution in [0.15, 0.2) is 27.3 Å². The van der Waals surface area contributed by atoms with Gasteiger partial charge in [0.05, 0.1) is 12.4 Å². The summed E-state index contributed by atoms with van der Waals surface area (Å²) in [6.45, 7) is 12.7. The summed E-state index contributed by atoms with van der Waals surface area (Å²) >= 11 is 0. The van der Waals surface area contributed by atoms with Crippen LogP contribution in [0.4, 0.5) is 0 Å². The minimum Gasteiger partial charge on any atom is -0.445 e. The Morgan fingerprint density at radius 3 is 2.08 bits per heavy atom. The molecule has 4 nitrogen and oxygen atoms in total. The molecule has 0 saturated heterocycles. The summed E-state index contributed by atoms with van der Waals surface area (Å²) in [4.78, 5) is 8.33. The fraction of sp³-hybridized carbons (Fsp3) is 0.600. The van der Waals surface area contributed by atoms with Crippen LogP contribution in [0.2, 0.25) is 0 Å². The van der Waals surface area contributed by atoms with E-state index in [4.69, 9.17) is 8.83 Å². The number of nitrogens with zero attached hydrogens (tertiary/aromatic N) is 2. The first-order valence-electron chi connectivity index (χ1n) is 9.04. The van der Waals surface area contributed by atoms with Gasteiger partial charge in [-0.2, -0.15) is 0 Å². The second-order valence-electron chi connectivity index (χ2n) is 6.48. The van der Waals surface area contributed by atoms with Crippen molar-refractivity contribution in [1.29, 1.82) is 0 Å². The minimum atomic E-state index is 0.418. The monoisotopic (exact) mass is 332 g/mol. The molecular formula is C20H32N2O2. The summed E-state index contributed by atoms with van der Waals surface area (Å²) in [5.74, 6) is 4.42. The highest BCUT2D eigenvalue weighted by Gasteiger charge is 2.06. The molecule has 0 bridgehead atoms. The molecule has 134 valence electrons. The number of allylic oxidation sites excluding steroid dienone is 1. The molecule has 0 fully saturated rings. The molecule has 0 aliphatic heterocycles. The van der Waals surface area contributed by atoms with E-state index in [1.165, 1.54) is 6.42 Å². The Morgan fingerprint density at radius 1 is 0.958 bits per heavy atom. The van der Waals surface area contributed by atoms with Crippen LogP contribution in [0.25, 0.3) is 6.08 Å². The first-order chi connectivity index (χ1) is 11.5. The van der Waals surface area contributed by atoms with E-state index in [2.05, 4.69) is 51.5 Å². The molecule has 24 heavy (non-hydrogen) atoms. The lowest BCUT2D eigenvalue weighted by Gasteiger charge is -1.96. The number of unbranched alkanes of at least 4 members (excludes halogenated alkanes) is 1. The van der Waals surface area contributed by atoms with E-state index in [1.54, 1.807) is 6.20 Å². The molecule has 2 rings (SSSR count). The molecule has 0 aliphatic rings. The molecule has 0 aliphatic carbocycles. The van der Waals surface area contributed by atoms with E-state index in [1.807, 2.05) is 18.3 Å². The number of hydrogen-bond donors (Lipinski definition) is 0. The van der Waals surface area contributed by atoms with E-state index in [0.717, 1.165) is 36.7 Å². The fourth-order valence-electron chi connectivity index (χ4n) is 1.90. The van der Waals surface area contributed by atoms with Gasteiger partial charge in [-0.05, 0) is 18.9 Å². The van der Waals surface area contributed by atoms with E-state index >= 15 is 0 Å². The Balaban J connectivity index is 0.000000240. The van der Waals surface area contributed by atoms with Crippen LogP contribution in [0, 0.1) is 0 Å². The van der Waals surface area contributed by atoms with Crippen molar-refractivity contribution in [3.05, 3.63) is 41.8 Å². The van der Waals surface area contributed by atoms with Crippen molar-refractivity contribution in [2.75, 3.05) is 0 Å². The standard InChI is InChI=1S/C10H17NO.C10H15NO/c2*1-4-5-6-10-11-7-9(12-10)8(2)3/h7-8H,4-6H2,1-3H3;5-8H,4H2,1-3H3/b;6-5+. The Kier molecular flexibility index (Phi) is 9.13. The third-order valence-corrected chi connectivity index (χ3v) is 3.49. The molecule has 0 atom stereocenters. The fourth-order valence-corrected chi connectivity index (χ4v) is 1.90. The Labute approximate surface area is 146 Å². The summed E-state index contributed by atoms with van der Waals surface area (Å²) in [5, 5.41) is 0. The van der Waals surface area contributed by atoms with Gasteiger partial charge in [-0.3, -0.25) is 0 Å². The number of hydrogen-bond acceptors (Lipinski definition) is 4. The van der Waals surface area contributed by atoms with E-state index in [0.29, 0.717) is 17.7 Å². The van der Waals surface area contributed by atoms with E-state index < -0.39 is 0 Å². The largest absolute Gasteiger partial charge is 0.445 e. The van der Waals surface area contributed by atoms with Crippen molar-refractivity contribution in [3.8, 4) is 0 Å². The lowest BCUT2D eigenvalue weighted by molar-refractivity contribution is 0.433. The van der Waals surface area contributed by atoms with Gasteiger partial charge in [-0.1, -0.05) is 54.0 Å². The molecule has 2 heterocycles. The zero-order valence-corrected chi connectivity index (χ0v) is 16.0. The third kappa shape index (κ3) is 7.16. The predicted octanol–water partition coefficient (Wildman–Crippen LogP) is 6.36. The van der Waals surface area contributed by atoms with Crippen LogP contribution in [0.1, 0.15) is 95.9 Å². The number of aromatic nitrogens is 2. The van der Waals surface area contributed by atoms with Crippen molar-refractivity contribution in [1.82, 2.24) is 9.97 Å². The molecule has 2 aromatic rings. The van der Waals surface area contributed by atoms with Gasteiger partial charge < -0.3 is 8.83 Å². The lowest BCUT2D eigenvalue weighted by Crippen LogP contribution is -1.83. The van der Waals surface area contributed by atoms with Crippen molar-refractivity contribution >= 4 is 6.08 Å². The number of rotatable bonds is 7. The molecule has 0 saturated carbocycles. The maximum Gasteiger partial charge on any atom is 0.218 e. The molecule has 0 aromatic carbocycles. The summed E-state index contributed by atoms with van der Waals surface area (Å²) in [5.41, 5.74) is 0. The second-order valence-corrected chi connectivity index (χ2v) is 6.48. The first-order valence-corrected chi connectivity index (χ1v) is 9.04. The van der Waals surface area contributed by atoms with Gasteiger partial charge in [0.1, 0.15) is 11.5 Å². The normalized spacial score (nSPS) is 11.3. The Bertz CT molecular complexity index is 594. The summed E-state index contributed by atoms with van der Waals surface area (Å²) in [6, 6.07) is 0. The van der Waals surface area contributed by atoms with Gasteiger partial charge in [0.15, 0.2) is 5.89 Å². The molecule has 2 aromatic heterocycles. The topological polar surface area (TPSA) is 52.1 Å². The van der Waals surface area contributed by atoms with Gasteiger partial charge >= 0.3 is 0 Å². The first kappa shape index (κ1) is 20.2. The average molecular weight is 332 g/mol. The molecule has 0 spiro atoms. The average Bonchev–Trinajstić information content (AvgIpc) is 3.21. The molecule has 0 N–H and O–H groups in total. The van der Waals surface area contributed by atoms with Gasteiger partial charge in [-0.25, -0.2) is 9.97 Å². The highest BCUT2D eigenvalue weighted by atomic mass is 16.4. The zero-order chi connectivity index (χ0) is 17.9. The van der Waals surface area contributed by atoms with Crippen LogP contribution in [-0.4, -0.2) is 9.97 Å². The van der Waals surface area contributed by atoms with Gasteiger partial charge in [0.2, 0.25) is 5.89 Å². The summed E-state index contributed by atoms with van der Waals surface area (Å²) in [7, 11) is 0. The Hall–Kier alpha value is -1.84. The van der Waals surface area contributed by atoms with E-state index in [-0.39, 0.29) is 0 Å². The highest BCUT2D eigenvalue weighted by molar-refractivity contribution is 5.37. The third-order valence-electron chi connectivity index (χ3n) is 3.49. The van der Waals surface area contributed by atoms with Crippen molar-refractivity contribution < 1.29 is 8.83 Å². The van der Waals surface area contributed by atoms with Crippen LogP contribution in [-0.2, 0) is 6.42 Å². The Morgan fingerprint density at radius 2 is 1.58 bits per heavy atom. The second kappa shape index (κ2) is 10.8. The SMILES string of the molecule is CC/C=C/c1ncc(C(C)C)o1.CCCCc1ncc(C(C)C)o1. The van der Waals surface area contributed by atoms with Crippen molar-refractivity contribution in [3.63, 3.8) is 0 Å². The van der Waals surface area contributed by atoms with Crippen LogP contribution in [0.5, 0.6) is 0 Å². The highest BCUT2D eigenvalue weighted by Crippen LogP contribution is 2.16.